The number of aromatic nitrogens is 3. The summed E-state index contributed by atoms with van der Waals surface area (Å²) in [6.45, 7) is 0. The molecular weight excluding hydrogens is 400 g/mol. The molecule has 3 heterocycles. The molecule has 1 amide bonds. The highest BCUT2D eigenvalue weighted by Gasteiger charge is 2.44. The summed E-state index contributed by atoms with van der Waals surface area (Å²) in [6, 6.07) is 12.5. The van der Waals surface area contributed by atoms with Gasteiger partial charge in [0.2, 0.25) is 5.69 Å². The van der Waals surface area contributed by atoms with E-state index >= 15 is 0 Å². The molecule has 4 rings (SSSR count). The topological polar surface area (TPSA) is 61.9 Å². The summed E-state index contributed by atoms with van der Waals surface area (Å²) in [5.74, 6) is -1.30. The van der Waals surface area contributed by atoms with Crippen LogP contribution in [0.3, 0.4) is 0 Å². The fraction of sp³-hybridized carbons (Fsp3) is 0.0952. The average Bonchev–Trinajstić information content (AvgIpc) is 3.12. The predicted octanol–water partition coefficient (Wildman–Crippen LogP) is 3.99. The molecule has 152 valence electrons. The van der Waals surface area contributed by atoms with Gasteiger partial charge in [0, 0.05) is 6.20 Å². The molecule has 5 nitrogen and oxygen atoms in total. The molecule has 3 aromatic heterocycles. The van der Waals surface area contributed by atoms with Crippen molar-refractivity contribution in [3.8, 4) is 11.4 Å². The van der Waals surface area contributed by atoms with E-state index < -0.39 is 23.9 Å². The maximum atomic E-state index is 14.3. The minimum atomic E-state index is -4.76. The number of benzene rings is 1. The lowest BCUT2D eigenvalue weighted by molar-refractivity contribution is -0.498. The van der Waals surface area contributed by atoms with Gasteiger partial charge in [-0.2, -0.15) is 17.6 Å². The molecule has 0 aliphatic rings. The number of imidazole rings is 1. The first-order valence-electron chi connectivity index (χ1n) is 8.92. The number of carbonyl (C=O) groups is 1. The molecule has 0 saturated carbocycles. The lowest BCUT2D eigenvalue weighted by Gasteiger charge is -2.20. The van der Waals surface area contributed by atoms with Crippen LogP contribution < -0.4 is 9.72 Å². The molecule has 30 heavy (non-hydrogen) atoms. The van der Waals surface area contributed by atoms with Crippen molar-refractivity contribution in [1.82, 2.24) is 15.3 Å². The lowest BCUT2D eigenvalue weighted by atomic mass is 10.1. The summed E-state index contributed by atoms with van der Waals surface area (Å²) in [7, 11) is 0. The Kier molecular flexibility index (Phi) is 4.94. The van der Waals surface area contributed by atoms with Gasteiger partial charge in [0.1, 0.15) is 11.4 Å². The van der Waals surface area contributed by atoms with Crippen LogP contribution in [0.25, 0.3) is 16.9 Å². The molecule has 0 spiro atoms. The Balaban J connectivity index is 1.78. The number of nitrogens with zero attached hydrogens (tertiary/aromatic N) is 2. The van der Waals surface area contributed by atoms with Crippen LogP contribution in [-0.2, 0) is 0 Å². The minimum Gasteiger partial charge on any atom is -0.332 e. The van der Waals surface area contributed by atoms with Gasteiger partial charge in [0.05, 0.1) is 11.9 Å². The SMILES string of the molecule is O=C(NC(c1ccccn1)C(F)(F)F)c1[nH]c(-c2ccccc2F)[n+]2ccccc12. The van der Waals surface area contributed by atoms with E-state index in [1.807, 2.05) is 5.32 Å². The molecule has 2 N–H and O–H groups in total. The van der Waals surface area contributed by atoms with Crippen molar-refractivity contribution in [2.75, 3.05) is 0 Å². The molecule has 0 bridgehead atoms. The molecule has 0 saturated heterocycles. The van der Waals surface area contributed by atoms with Gasteiger partial charge in [-0.25, -0.2) is 9.37 Å². The molecule has 1 unspecified atom stereocenters. The Bertz CT molecular complexity index is 1200. The van der Waals surface area contributed by atoms with Crippen LogP contribution in [-0.4, -0.2) is 22.1 Å². The number of fused-ring (bicyclic) bond motifs is 1. The zero-order valence-corrected chi connectivity index (χ0v) is 15.3. The van der Waals surface area contributed by atoms with Crippen molar-refractivity contribution in [2.24, 2.45) is 0 Å². The van der Waals surface area contributed by atoms with Gasteiger partial charge < -0.3 is 5.32 Å². The molecule has 1 atom stereocenters. The highest BCUT2D eigenvalue weighted by Crippen LogP contribution is 2.32. The maximum Gasteiger partial charge on any atom is 0.414 e. The van der Waals surface area contributed by atoms with E-state index in [4.69, 9.17) is 0 Å². The van der Waals surface area contributed by atoms with Crippen LogP contribution in [0.2, 0.25) is 0 Å². The highest BCUT2D eigenvalue weighted by atomic mass is 19.4. The van der Waals surface area contributed by atoms with Gasteiger partial charge >= 0.3 is 6.18 Å². The zero-order chi connectivity index (χ0) is 21.3. The number of alkyl halides is 3. The Labute approximate surface area is 168 Å². The first kappa shape index (κ1) is 19.6. The lowest BCUT2D eigenvalue weighted by Crippen LogP contribution is -2.39. The van der Waals surface area contributed by atoms with E-state index in [1.165, 1.54) is 47.0 Å². The highest BCUT2D eigenvalue weighted by molar-refractivity contribution is 5.98. The number of pyridine rings is 2. The molecule has 4 aromatic rings. The number of rotatable bonds is 4. The Morgan fingerprint density at radius 3 is 2.47 bits per heavy atom. The standard InChI is InChI=1S/C21H14F4N4O/c22-14-8-2-1-7-13(14)19-27-17(16-10-4-6-12-29(16)19)20(30)28-18(21(23,24)25)15-9-3-5-11-26-15/h1-12,18H,(H,28,30)/p+1. The predicted molar refractivity (Wildman–Crippen MR) is 99.8 cm³/mol. The summed E-state index contributed by atoms with van der Waals surface area (Å²) in [4.78, 5) is 19.3. The number of hydrogen-bond acceptors (Lipinski definition) is 2. The van der Waals surface area contributed by atoms with Gasteiger partial charge in [0.15, 0.2) is 11.6 Å². The zero-order valence-electron chi connectivity index (χ0n) is 15.3. The normalized spacial score (nSPS) is 12.7. The van der Waals surface area contributed by atoms with Crippen molar-refractivity contribution in [3.63, 3.8) is 0 Å². The summed E-state index contributed by atoms with van der Waals surface area (Å²) < 4.78 is 56.6. The number of aromatic amines is 1. The molecule has 0 aliphatic carbocycles. The molecule has 0 fully saturated rings. The van der Waals surface area contributed by atoms with Crippen LogP contribution in [0.4, 0.5) is 17.6 Å². The monoisotopic (exact) mass is 415 g/mol. The van der Waals surface area contributed by atoms with Crippen LogP contribution in [0.15, 0.2) is 73.1 Å². The van der Waals surface area contributed by atoms with Crippen LogP contribution in [0.5, 0.6) is 0 Å². The Hall–Kier alpha value is -3.75. The van der Waals surface area contributed by atoms with Crippen molar-refractivity contribution in [3.05, 3.63) is 90.3 Å². The fourth-order valence-corrected chi connectivity index (χ4v) is 3.18. The molecule has 9 heteroatoms. The first-order valence-corrected chi connectivity index (χ1v) is 8.92. The second-order valence-corrected chi connectivity index (χ2v) is 6.49. The van der Waals surface area contributed by atoms with E-state index in [-0.39, 0.29) is 22.8 Å². The number of hydrogen-bond donors (Lipinski definition) is 2. The van der Waals surface area contributed by atoms with Gasteiger partial charge in [-0.1, -0.05) is 24.3 Å². The third-order valence-electron chi connectivity index (χ3n) is 4.54. The third-order valence-corrected chi connectivity index (χ3v) is 4.54. The largest absolute Gasteiger partial charge is 0.414 e. The number of amides is 1. The van der Waals surface area contributed by atoms with Gasteiger partial charge in [-0.3, -0.25) is 9.78 Å². The molecule has 0 radical (unpaired) electrons. The van der Waals surface area contributed by atoms with Gasteiger partial charge in [0.25, 0.3) is 11.7 Å². The van der Waals surface area contributed by atoms with Crippen molar-refractivity contribution < 1.29 is 26.8 Å². The molecule has 1 aromatic carbocycles. The Morgan fingerprint density at radius 1 is 1.03 bits per heavy atom. The van der Waals surface area contributed by atoms with Crippen LogP contribution in [0.1, 0.15) is 22.2 Å². The summed E-state index contributed by atoms with van der Waals surface area (Å²) in [6.07, 6.45) is -1.95. The first-order chi connectivity index (χ1) is 14.4. The Morgan fingerprint density at radius 2 is 1.77 bits per heavy atom. The van der Waals surface area contributed by atoms with E-state index in [1.54, 1.807) is 30.5 Å². The van der Waals surface area contributed by atoms with E-state index in [2.05, 4.69) is 9.97 Å². The maximum absolute atomic E-state index is 14.3. The minimum absolute atomic E-state index is 0.126. The smallest absolute Gasteiger partial charge is 0.332 e. The number of nitrogens with one attached hydrogen (secondary N) is 2. The van der Waals surface area contributed by atoms with Crippen molar-refractivity contribution >= 4 is 11.4 Å². The fourth-order valence-electron chi connectivity index (χ4n) is 3.18. The molecular formula is C21H15F4N4O+. The molecule has 0 aliphatic heterocycles. The number of H-pyrrole nitrogens is 1. The number of carbonyl (C=O) groups excluding carboxylic acids is 1. The van der Waals surface area contributed by atoms with Crippen LogP contribution >= 0.6 is 0 Å². The average molecular weight is 415 g/mol. The van der Waals surface area contributed by atoms with Crippen LogP contribution in [0, 0.1) is 5.82 Å². The van der Waals surface area contributed by atoms with E-state index in [0.29, 0.717) is 5.52 Å². The summed E-state index contributed by atoms with van der Waals surface area (Å²) >= 11 is 0. The van der Waals surface area contributed by atoms with E-state index in [9.17, 15) is 22.4 Å². The number of halogens is 4. The van der Waals surface area contributed by atoms with Gasteiger partial charge in [-0.05, 0) is 36.4 Å². The van der Waals surface area contributed by atoms with Crippen molar-refractivity contribution in [2.45, 2.75) is 12.2 Å². The summed E-state index contributed by atoms with van der Waals surface area (Å²) in [5, 5.41) is 2.00. The second-order valence-electron chi connectivity index (χ2n) is 6.49. The van der Waals surface area contributed by atoms with E-state index in [0.717, 1.165) is 0 Å². The third kappa shape index (κ3) is 3.61. The van der Waals surface area contributed by atoms with Crippen molar-refractivity contribution in [1.29, 1.82) is 0 Å². The second kappa shape index (κ2) is 7.58. The summed E-state index contributed by atoms with van der Waals surface area (Å²) in [5.41, 5.74) is 0.0141. The van der Waals surface area contributed by atoms with Gasteiger partial charge in [-0.15, -0.1) is 0 Å². The quantitative estimate of drug-likeness (QED) is 0.391.